The van der Waals surface area contributed by atoms with Gasteiger partial charge in [0, 0.05) is 11.8 Å². The summed E-state index contributed by atoms with van der Waals surface area (Å²) in [6, 6.07) is 4.95. The highest BCUT2D eigenvalue weighted by molar-refractivity contribution is 7.90. The summed E-state index contributed by atoms with van der Waals surface area (Å²) >= 11 is 0. The number of carbonyl (C=O) groups excluding carboxylic acids is 1. The predicted molar refractivity (Wildman–Crippen MR) is 76.2 cm³/mol. The molecule has 0 aromatic heterocycles. The van der Waals surface area contributed by atoms with Crippen LogP contribution >= 0.6 is 0 Å². The minimum absolute atomic E-state index is 0.191. The standard InChI is InChI=1S/C13H17NO6S/c1-20-10-5-3-4-9(8-10)12(15)14-11(13(16)17)6-7-21(2,18)19/h3-5,8,11H,6-7H2,1-2H3,(H,14,15)(H,16,17). The Labute approximate surface area is 122 Å². The number of sulfone groups is 1. The van der Waals surface area contributed by atoms with Gasteiger partial charge in [-0.15, -0.1) is 0 Å². The molecule has 0 bridgehead atoms. The summed E-state index contributed by atoms with van der Waals surface area (Å²) in [4.78, 5) is 23.0. The topological polar surface area (TPSA) is 110 Å². The van der Waals surface area contributed by atoms with Gasteiger partial charge in [-0.05, 0) is 24.6 Å². The maximum atomic E-state index is 12.0. The first-order valence-corrected chi connectivity index (χ1v) is 8.14. The quantitative estimate of drug-likeness (QED) is 0.749. The molecule has 0 saturated carbocycles. The van der Waals surface area contributed by atoms with Crippen molar-refractivity contribution in [2.24, 2.45) is 0 Å². The zero-order valence-electron chi connectivity index (χ0n) is 11.7. The van der Waals surface area contributed by atoms with Gasteiger partial charge < -0.3 is 15.2 Å². The molecule has 1 atom stereocenters. The van der Waals surface area contributed by atoms with Gasteiger partial charge in [-0.3, -0.25) is 4.79 Å². The van der Waals surface area contributed by atoms with Crippen LogP contribution in [-0.4, -0.2) is 50.6 Å². The molecule has 8 heteroatoms. The molecule has 1 unspecified atom stereocenters. The summed E-state index contributed by atoms with van der Waals surface area (Å²) in [7, 11) is -1.85. The van der Waals surface area contributed by atoms with Crippen LogP contribution in [0.3, 0.4) is 0 Å². The van der Waals surface area contributed by atoms with E-state index >= 15 is 0 Å². The highest BCUT2D eigenvalue weighted by Gasteiger charge is 2.22. The Morgan fingerprint density at radius 1 is 1.38 bits per heavy atom. The van der Waals surface area contributed by atoms with E-state index in [0.717, 1.165) is 6.26 Å². The van der Waals surface area contributed by atoms with Crippen molar-refractivity contribution < 1.29 is 27.9 Å². The fraction of sp³-hybridized carbons (Fsp3) is 0.385. The van der Waals surface area contributed by atoms with Crippen molar-refractivity contribution in [3.05, 3.63) is 29.8 Å². The van der Waals surface area contributed by atoms with E-state index in [9.17, 15) is 18.0 Å². The van der Waals surface area contributed by atoms with Gasteiger partial charge in [0.05, 0.1) is 12.9 Å². The Bertz CT molecular complexity index is 625. The maximum Gasteiger partial charge on any atom is 0.326 e. The zero-order valence-corrected chi connectivity index (χ0v) is 12.5. The van der Waals surface area contributed by atoms with Crippen LogP contribution in [0.1, 0.15) is 16.8 Å². The van der Waals surface area contributed by atoms with Crippen molar-refractivity contribution in [3.8, 4) is 5.75 Å². The van der Waals surface area contributed by atoms with Crippen molar-refractivity contribution >= 4 is 21.7 Å². The van der Waals surface area contributed by atoms with E-state index in [1.807, 2.05) is 0 Å². The minimum Gasteiger partial charge on any atom is -0.497 e. The van der Waals surface area contributed by atoms with Crippen LogP contribution in [-0.2, 0) is 14.6 Å². The largest absolute Gasteiger partial charge is 0.497 e. The van der Waals surface area contributed by atoms with E-state index in [2.05, 4.69) is 5.32 Å². The van der Waals surface area contributed by atoms with E-state index in [0.29, 0.717) is 5.75 Å². The van der Waals surface area contributed by atoms with E-state index in [1.54, 1.807) is 12.1 Å². The average molecular weight is 315 g/mol. The van der Waals surface area contributed by atoms with Crippen LogP contribution in [0.4, 0.5) is 0 Å². The van der Waals surface area contributed by atoms with Crippen LogP contribution in [0.5, 0.6) is 5.75 Å². The number of benzene rings is 1. The lowest BCUT2D eigenvalue weighted by molar-refractivity contribution is -0.139. The molecule has 0 radical (unpaired) electrons. The number of rotatable bonds is 7. The molecule has 116 valence electrons. The van der Waals surface area contributed by atoms with Gasteiger partial charge in [0.15, 0.2) is 0 Å². The number of carboxylic acids is 1. The van der Waals surface area contributed by atoms with Crippen molar-refractivity contribution in [1.29, 1.82) is 0 Å². The summed E-state index contributed by atoms with van der Waals surface area (Å²) < 4.78 is 27.1. The first-order valence-electron chi connectivity index (χ1n) is 6.08. The Morgan fingerprint density at radius 3 is 2.57 bits per heavy atom. The third kappa shape index (κ3) is 5.82. The molecular weight excluding hydrogens is 298 g/mol. The lowest BCUT2D eigenvalue weighted by Crippen LogP contribution is -2.41. The monoisotopic (exact) mass is 315 g/mol. The Balaban J connectivity index is 2.78. The van der Waals surface area contributed by atoms with Gasteiger partial charge in [-0.2, -0.15) is 0 Å². The SMILES string of the molecule is COc1cccc(C(=O)NC(CCS(C)(=O)=O)C(=O)O)c1. The second kappa shape index (κ2) is 7.07. The van der Waals surface area contributed by atoms with Gasteiger partial charge in [0.2, 0.25) is 0 Å². The number of nitrogens with one attached hydrogen (secondary N) is 1. The van der Waals surface area contributed by atoms with Crippen LogP contribution in [0.2, 0.25) is 0 Å². The van der Waals surface area contributed by atoms with Gasteiger partial charge in [0.25, 0.3) is 5.91 Å². The number of methoxy groups -OCH3 is 1. The third-order valence-corrected chi connectivity index (χ3v) is 3.69. The van der Waals surface area contributed by atoms with Crippen LogP contribution in [0, 0.1) is 0 Å². The highest BCUT2D eigenvalue weighted by Crippen LogP contribution is 2.12. The van der Waals surface area contributed by atoms with Crippen LogP contribution < -0.4 is 10.1 Å². The number of aliphatic carboxylic acids is 1. The Morgan fingerprint density at radius 2 is 2.05 bits per heavy atom. The molecule has 0 aliphatic heterocycles. The van der Waals surface area contributed by atoms with E-state index < -0.39 is 27.8 Å². The zero-order chi connectivity index (χ0) is 16.0. The van der Waals surface area contributed by atoms with E-state index in [-0.39, 0.29) is 17.7 Å². The average Bonchev–Trinajstić information content (AvgIpc) is 2.41. The second-order valence-corrected chi connectivity index (χ2v) is 6.77. The second-order valence-electron chi connectivity index (χ2n) is 4.51. The Hall–Kier alpha value is -2.09. The number of carbonyl (C=O) groups is 2. The van der Waals surface area contributed by atoms with Gasteiger partial charge in [0.1, 0.15) is 21.6 Å². The van der Waals surface area contributed by atoms with Crippen LogP contribution in [0.25, 0.3) is 0 Å². The summed E-state index contributed by atoms with van der Waals surface area (Å²) in [5, 5.41) is 11.3. The van der Waals surface area contributed by atoms with Gasteiger partial charge in [-0.25, -0.2) is 13.2 Å². The normalized spacial score (nSPS) is 12.5. The molecule has 1 aromatic carbocycles. The van der Waals surface area contributed by atoms with Crippen LogP contribution in [0.15, 0.2) is 24.3 Å². The number of ether oxygens (including phenoxy) is 1. The van der Waals surface area contributed by atoms with Gasteiger partial charge in [-0.1, -0.05) is 6.07 Å². The van der Waals surface area contributed by atoms with Gasteiger partial charge >= 0.3 is 5.97 Å². The maximum absolute atomic E-state index is 12.0. The number of hydrogen-bond donors (Lipinski definition) is 2. The number of carboxylic acid groups (broad SMARTS) is 1. The molecule has 1 aromatic rings. The lowest BCUT2D eigenvalue weighted by Gasteiger charge is -2.14. The molecule has 0 aliphatic rings. The smallest absolute Gasteiger partial charge is 0.326 e. The molecule has 2 N–H and O–H groups in total. The predicted octanol–water partition coefficient (Wildman–Crippen LogP) is 0.313. The fourth-order valence-electron chi connectivity index (χ4n) is 1.60. The summed E-state index contributed by atoms with van der Waals surface area (Å²) in [5.74, 6) is -1.74. The first kappa shape index (κ1) is 17.0. The lowest BCUT2D eigenvalue weighted by atomic mass is 10.1. The van der Waals surface area contributed by atoms with Crippen molar-refractivity contribution in [2.45, 2.75) is 12.5 Å². The molecule has 0 spiro atoms. The highest BCUT2D eigenvalue weighted by atomic mass is 32.2. The molecule has 1 amide bonds. The van der Waals surface area contributed by atoms with E-state index in [1.165, 1.54) is 19.2 Å². The van der Waals surface area contributed by atoms with Crippen molar-refractivity contribution in [2.75, 3.05) is 19.1 Å². The first-order chi connectivity index (χ1) is 9.73. The summed E-state index contributed by atoms with van der Waals surface area (Å²) in [5.41, 5.74) is 0.236. The third-order valence-electron chi connectivity index (χ3n) is 2.71. The summed E-state index contributed by atoms with van der Waals surface area (Å²) in [6.07, 6.45) is 0.819. The molecule has 21 heavy (non-hydrogen) atoms. The fourth-order valence-corrected chi connectivity index (χ4v) is 2.26. The van der Waals surface area contributed by atoms with Crippen molar-refractivity contribution in [3.63, 3.8) is 0 Å². The molecule has 0 heterocycles. The van der Waals surface area contributed by atoms with Crippen molar-refractivity contribution in [1.82, 2.24) is 5.32 Å². The number of amides is 1. The molecular formula is C13H17NO6S. The number of hydrogen-bond acceptors (Lipinski definition) is 5. The Kier molecular flexibility index (Phi) is 5.71. The molecule has 7 nitrogen and oxygen atoms in total. The minimum atomic E-state index is -3.30. The molecule has 0 aliphatic carbocycles. The summed E-state index contributed by atoms with van der Waals surface area (Å²) in [6.45, 7) is 0. The molecule has 0 saturated heterocycles. The molecule has 1 rings (SSSR count). The van der Waals surface area contributed by atoms with E-state index in [4.69, 9.17) is 9.84 Å². The molecule has 0 fully saturated rings.